The number of aromatic nitrogens is 2. The zero-order valence-corrected chi connectivity index (χ0v) is 9.80. The Morgan fingerprint density at radius 3 is 2.83 bits per heavy atom. The molecular weight excluding hydrogens is 231 g/mol. The third kappa shape index (κ3) is 1.82. The Kier molecular flexibility index (Phi) is 2.48. The van der Waals surface area contributed by atoms with Crippen molar-refractivity contribution in [1.82, 2.24) is 9.38 Å². The standard InChI is InChI=1S/C14H11FN2O/c1-18-12-5-6-14-16-13(9-17(14)8-12)10-3-2-4-11(15)7-10/h2-9H,1H3. The predicted octanol–water partition coefficient (Wildman–Crippen LogP) is 3.15. The highest BCUT2D eigenvalue weighted by Gasteiger charge is 2.05. The van der Waals surface area contributed by atoms with Gasteiger partial charge in [0, 0.05) is 11.8 Å². The van der Waals surface area contributed by atoms with E-state index in [1.165, 1.54) is 12.1 Å². The molecule has 0 spiro atoms. The van der Waals surface area contributed by atoms with Gasteiger partial charge in [0.1, 0.15) is 17.2 Å². The molecule has 3 aromatic rings. The van der Waals surface area contributed by atoms with Crippen molar-refractivity contribution < 1.29 is 9.13 Å². The van der Waals surface area contributed by atoms with Crippen molar-refractivity contribution in [3.8, 4) is 17.0 Å². The summed E-state index contributed by atoms with van der Waals surface area (Å²) >= 11 is 0. The van der Waals surface area contributed by atoms with Crippen molar-refractivity contribution in [2.45, 2.75) is 0 Å². The molecule has 0 fully saturated rings. The zero-order chi connectivity index (χ0) is 12.5. The Hall–Kier alpha value is -2.36. The molecule has 0 saturated carbocycles. The molecule has 1 aromatic carbocycles. The summed E-state index contributed by atoms with van der Waals surface area (Å²) in [6.07, 6.45) is 3.69. The van der Waals surface area contributed by atoms with Crippen molar-refractivity contribution in [2.24, 2.45) is 0 Å². The lowest BCUT2D eigenvalue weighted by molar-refractivity contribution is 0.412. The Morgan fingerprint density at radius 1 is 1.17 bits per heavy atom. The number of methoxy groups -OCH3 is 1. The Labute approximate surface area is 103 Å². The van der Waals surface area contributed by atoms with E-state index in [1.807, 2.05) is 35.0 Å². The zero-order valence-electron chi connectivity index (χ0n) is 9.80. The first-order valence-electron chi connectivity index (χ1n) is 5.55. The molecule has 4 heteroatoms. The first kappa shape index (κ1) is 10.8. The van der Waals surface area contributed by atoms with E-state index in [0.717, 1.165) is 22.7 Å². The van der Waals surface area contributed by atoms with Gasteiger partial charge in [-0.25, -0.2) is 9.37 Å². The fraction of sp³-hybridized carbons (Fsp3) is 0.0714. The second kappa shape index (κ2) is 4.14. The molecule has 2 heterocycles. The summed E-state index contributed by atoms with van der Waals surface area (Å²) in [5.74, 6) is 0.493. The average molecular weight is 242 g/mol. The van der Waals surface area contributed by atoms with Gasteiger partial charge < -0.3 is 9.14 Å². The van der Waals surface area contributed by atoms with E-state index in [2.05, 4.69) is 4.98 Å². The number of benzene rings is 1. The van der Waals surface area contributed by atoms with Gasteiger partial charge >= 0.3 is 0 Å². The number of hydrogen-bond donors (Lipinski definition) is 0. The highest BCUT2D eigenvalue weighted by Crippen LogP contribution is 2.21. The summed E-state index contributed by atoms with van der Waals surface area (Å²) < 4.78 is 20.2. The number of nitrogens with zero attached hydrogens (tertiary/aromatic N) is 2. The highest BCUT2D eigenvalue weighted by atomic mass is 19.1. The molecule has 0 aliphatic carbocycles. The molecule has 18 heavy (non-hydrogen) atoms. The normalized spacial score (nSPS) is 10.8. The molecule has 0 amide bonds. The molecule has 0 aliphatic rings. The summed E-state index contributed by atoms with van der Waals surface area (Å²) in [7, 11) is 1.62. The molecular formula is C14H11FN2O. The van der Waals surface area contributed by atoms with Crippen LogP contribution in [-0.2, 0) is 0 Å². The second-order valence-electron chi connectivity index (χ2n) is 3.97. The monoisotopic (exact) mass is 242 g/mol. The minimum absolute atomic E-state index is 0.262. The molecule has 0 N–H and O–H groups in total. The third-order valence-corrected chi connectivity index (χ3v) is 2.78. The summed E-state index contributed by atoms with van der Waals surface area (Å²) in [4.78, 5) is 4.44. The maximum absolute atomic E-state index is 13.2. The van der Waals surface area contributed by atoms with Crippen molar-refractivity contribution in [3.63, 3.8) is 0 Å². The van der Waals surface area contributed by atoms with Crippen LogP contribution in [0.25, 0.3) is 16.9 Å². The van der Waals surface area contributed by atoms with Crippen LogP contribution in [0.5, 0.6) is 5.75 Å². The van der Waals surface area contributed by atoms with E-state index in [4.69, 9.17) is 4.74 Å². The largest absolute Gasteiger partial charge is 0.495 e. The number of pyridine rings is 1. The Morgan fingerprint density at radius 2 is 2.06 bits per heavy atom. The number of rotatable bonds is 2. The lowest BCUT2D eigenvalue weighted by atomic mass is 10.2. The summed E-state index contributed by atoms with van der Waals surface area (Å²) in [5, 5.41) is 0. The molecule has 0 saturated heterocycles. The Bertz CT molecular complexity index is 706. The maximum atomic E-state index is 13.2. The van der Waals surface area contributed by atoms with E-state index >= 15 is 0 Å². The SMILES string of the molecule is COc1ccc2nc(-c3cccc(F)c3)cn2c1. The van der Waals surface area contributed by atoms with Crippen LogP contribution in [0.15, 0.2) is 48.8 Å². The highest BCUT2D eigenvalue weighted by molar-refractivity contribution is 5.62. The molecule has 0 unspecified atom stereocenters. The van der Waals surface area contributed by atoms with Crippen LogP contribution >= 0.6 is 0 Å². The van der Waals surface area contributed by atoms with E-state index in [-0.39, 0.29) is 5.82 Å². The van der Waals surface area contributed by atoms with Gasteiger partial charge in [0.2, 0.25) is 0 Å². The molecule has 90 valence electrons. The predicted molar refractivity (Wildman–Crippen MR) is 67.1 cm³/mol. The van der Waals surface area contributed by atoms with E-state index in [1.54, 1.807) is 13.2 Å². The van der Waals surface area contributed by atoms with Gasteiger partial charge in [0.05, 0.1) is 19.0 Å². The lowest BCUT2D eigenvalue weighted by Gasteiger charge is -1.98. The number of ether oxygens (including phenoxy) is 1. The second-order valence-corrected chi connectivity index (χ2v) is 3.97. The van der Waals surface area contributed by atoms with Crippen molar-refractivity contribution >= 4 is 5.65 Å². The number of fused-ring (bicyclic) bond motifs is 1. The van der Waals surface area contributed by atoms with E-state index in [9.17, 15) is 4.39 Å². The number of hydrogen-bond acceptors (Lipinski definition) is 2. The van der Waals surface area contributed by atoms with Crippen LogP contribution in [0.3, 0.4) is 0 Å². The van der Waals surface area contributed by atoms with Gasteiger partial charge in [-0.2, -0.15) is 0 Å². The molecule has 0 aliphatic heterocycles. The maximum Gasteiger partial charge on any atom is 0.137 e. The lowest BCUT2D eigenvalue weighted by Crippen LogP contribution is -1.86. The van der Waals surface area contributed by atoms with E-state index in [0.29, 0.717) is 0 Å². The van der Waals surface area contributed by atoms with Crippen LogP contribution in [0.2, 0.25) is 0 Å². The van der Waals surface area contributed by atoms with Crippen LogP contribution in [0.4, 0.5) is 4.39 Å². The number of imidazole rings is 1. The fourth-order valence-electron chi connectivity index (χ4n) is 1.88. The van der Waals surface area contributed by atoms with Gasteiger partial charge in [0.25, 0.3) is 0 Å². The third-order valence-electron chi connectivity index (χ3n) is 2.78. The van der Waals surface area contributed by atoms with Gasteiger partial charge in [-0.05, 0) is 24.3 Å². The summed E-state index contributed by atoms with van der Waals surface area (Å²) in [5.41, 5.74) is 2.30. The quantitative estimate of drug-likeness (QED) is 0.690. The molecule has 3 nitrogen and oxygen atoms in total. The van der Waals surface area contributed by atoms with Gasteiger partial charge in [-0.3, -0.25) is 0 Å². The van der Waals surface area contributed by atoms with E-state index < -0.39 is 0 Å². The molecule has 2 aromatic heterocycles. The first-order valence-corrected chi connectivity index (χ1v) is 5.55. The van der Waals surface area contributed by atoms with Gasteiger partial charge in [-0.1, -0.05) is 12.1 Å². The minimum atomic E-state index is -0.262. The van der Waals surface area contributed by atoms with Crippen molar-refractivity contribution in [2.75, 3.05) is 7.11 Å². The topological polar surface area (TPSA) is 26.5 Å². The van der Waals surface area contributed by atoms with Crippen molar-refractivity contribution in [1.29, 1.82) is 0 Å². The van der Waals surface area contributed by atoms with Crippen LogP contribution in [0.1, 0.15) is 0 Å². The smallest absolute Gasteiger partial charge is 0.137 e. The van der Waals surface area contributed by atoms with Gasteiger partial charge in [0.15, 0.2) is 0 Å². The number of halogens is 1. The fourth-order valence-corrected chi connectivity index (χ4v) is 1.88. The van der Waals surface area contributed by atoms with Gasteiger partial charge in [-0.15, -0.1) is 0 Å². The summed E-state index contributed by atoms with van der Waals surface area (Å²) in [6.45, 7) is 0. The van der Waals surface area contributed by atoms with Crippen LogP contribution < -0.4 is 4.74 Å². The molecule has 3 rings (SSSR count). The minimum Gasteiger partial charge on any atom is -0.495 e. The molecule has 0 atom stereocenters. The van der Waals surface area contributed by atoms with Crippen molar-refractivity contribution in [3.05, 3.63) is 54.6 Å². The summed E-state index contributed by atoms with van der Waals surface area (Å²) in [6, 6.07) is 10.1. The first-order chi connectivity index (χ1) is 8.76. The Balaban J connectivity index is 2.13. The van der Waals surface area contributed by atoms with Crippen LogP contribution in [0, 0.1) is 5.82 Å². The van der Waals surface area contributed by atoms with Crippen LogP contribution in [-0.4, -0.2) is 16.5 Å². The molecule has 0 radical (unpaired) electrons. The average Bonchev–Trinajstić information content (AvgIpc) is 2.81. The molecule has 0 bridgehead atoms.